The quantitative estimate of drug-likeness (QED) is 0.696. The Hall–Kier alpha value is -3.12. The standard InChI is InChI=1S/C19H17ClN4O2/c1-12-3-8-17(26-2)16(9-12)24-18(25)13-10-21-19(22-11-13)23-15-6-4-14(20)5-7-15/h3-11H,1-2H3,(H,24,25)(H,21,22,23). The fourth-order valence-corrected chi connectivity index (χ4v) is 2.41. The number of hydrogen-bond acceptors (Lipinski definition) is 5. The molecule has 0 saturated heterocycles. The van der Waals surface area contributed by atoms with Crippen LogP contribution in [-0.4, -0.2) is 23.0 Å². The number of benzene rings is 2. The van der Waals surface area contributed by atoms with Crippen molar-refractivity contribution in [2.24, 2.45) is 0 Å². The summed E-state index contributed by atoms with van der Waals surface area (Å²) in [5.41, 5.74) is 2.76. The Balaban J connectivity index is 1.71. The van der Waals surface area contributed by atoms with Crippen molar-refractivity contribution in [2.75, 3.05) is 17.7 Å². The number of anilines is 3. The van der Waals surface area contributed by atoms with Gasteiger partial charge in [0.2, 0.25) is 5.95 Å². The molecule has 0 radical (unpaired) electrons. The monoisotopic (exact) mass is 368 g/mol. The lowest BCUT2D eigenvalue weighted by Gasteiger charge is -2.11. The molecule has 0 fully saturated rings. The SMILES string of the molecule is COc1ccc(C)cc1NC(=O)c1cnc(Nc2ccc(Cl)cc2)nc1. The van der Waals surface area contributed by atoms with E-state index in [1.165, 1.54) is 12.4 Å². The first-order chi connectivity index (χ1) is 12.5. The number of rotatable bonds is 5. The Kier molecular flexibility index (Phi) is 5.34. The molecule has 3 aromatic rings. The van der Waals surface area contributed by atoms with E-state index in [2.05, 4.69) is 20.6 Å². The first-order valence-electron chi connectivity index (χ1n) is 7.86. The number of nitrogens with one attached hydrogen (secondary N) is 2. The molecule has 0 aliphatic carbocycles. The molecule has 6 nitrogen and oxygen atoms in total. The molecule has 0 aliphatic heterocycles. The van der Waals surface area contributed by atoms with Gasteiger partial charge >= 0.3 is 0 Å². The topological polar surface area (TPSA) is 76.1 Å². The maximum Gasteiger partial charge on any atom is 0.258 e. The summed E-state index contributed by atoms with van der Waals surface area (Å²) >= 11 is 5.86. The minimum Gasteiger partial charge on any atom is -0.495 e. The van der Waals surface area contributed by atoms with E-state index in [9.17, 15) is 4.79 Å². The molecule has 1 amide bonds. The lowest BCUT2D eigenvalue weighted by Crippen LogP contribution is -2.14. The van der Waals surface area contributed by atoms with Gasteiger partial charge in [0.15, 0.2) is 0 Å². The molecule has 26 heavy (non-hydrogen) atoms. The van der Waals surface area contributed by atoms with Crippen LogP contribution in [0.2, 0.25) is 5.02 Å². The van der Waals surface area contributed by atoms with Gasteiger partial charge in [-0.15, -0.1) is 0 Å². The van der Waals surface area contributed by atoms with Crippen LogP contribution in [-0.2, 0) is 0 Å². The Morgan fingerprint density at radius 3 is 2.42 bits per heavy atom. The molecule has 2 aromatic carbocycles. The molecule has 132 valence electrons. The van der Waals surface area contributed by atoms with Crippen LogP contribution < -0.4 is 15.4 Å². The molecule has 0 unspecified atom stereocenters. The smallest absolute Gasteiger partial charge is 0.258 e. The number of carbonyl (C=O) groups excluding carboxylic acids is 1. The maximum absolute atomic E-state index is 12.4. The van der Waals surface area contributed by atoms with E-state index in [0.717, 1.165) is 11.3 Å². The summed E-state index contributed by atoms with van der Waals surface area (Å²) in [5, 5.41) is 6.50. The van der Waals surface area contributed by atoms with Crippen LogP contribution in [0.4, 0.5) is 17.3 Å². The van der Waals surface area contributed by atoms with Crippen molar-refractivity contribution in [1.29, 1.82) is 0 Å². The van der Waals surface area contributed by atoms with Gasteiger partial charge in [-0.05, 0) is 48.9 Å². The highest BCUT2D eigenvalue weighted by Crippen LogP contribution is 2.25. The summed E-state index contributed by atoms with van der Waals surface area (Å²) in [7, 11) is 1.56. The van der Waals surface area contributed by atoms with Crippen LogP contribution in [0, 0.1) is 6.92 Å². The van der Waals surface area contributed by atoms with Gasteiger partial charge in [0.05, 0.1) is 18.4 Å². The van der Waals surface area contributed by atoms with E-state index in [1.807, 2.05) is 31.2 Å². The van der Waals surface area contributed by atoms with Crippen molar-refractivity contribution in [1.82, 2.24) is 9.97 Å². The molecule has 0 bridgehead atoms. The number of aryl methyl sites for hydroxylation is 1. The van der Waals surface area contributed by atoms with Gasteiger partial charge in [-0.2, -0.15) is 0 Å². The summed E-state index contributed by atoms with van der Waals surface area (Å²) in [6.07, 6.45) is 2.92. The van der Waals surface area contributed by atoms with Gasteiger partial charge in [-0.25, -0.2) is 9.97 Å². The van der Waals surface area contributed by atoms with Gasteiger partial charge < -0.3 is 15.4 Å². The Morgan fingerprint density at radius 2 is 1.77 bits per heavy atom. The summed E-state index contributed by atoms with van der Waals surface area (Å²) in [5.74, 6) is 0.662. The molecule has 0 atom stereocenters. The zero-order valence-electron chi connectivity index (χ0n) is 14.3. The van der Waals surface area contributed by atoms with Gasteiger partial charge in [-0.3, -0.25) is 4.79 Å². The van der Waals surface area contributed by atoms with Crippen LogP contribution >= 0.6 is 11.6 Å². The molecule has 7 heteroatoms. The molecular weight excluding hydrogens is 352 g/mol. The number of methoxy groups -OCH3 is 1. The maximum atomic E-state index is 12.4. The first kappa shape index (κ1) is 17.7. The van der Waals surface area contributed by atoms with E-state index in [-0.39, 0.29) is 5.91 Å². The predicted octanol–water partition coefficient (Wildman–Crippen LogP) is 4.44. The Bertz CT molecular complexity index is 912. The van der Waals surface area contributed by atoms with E-state index in [1.54, 1.807) is 25.3 Å². The second-order valence-electron chi connectivity index (χ2n) is 5.59. The lowest BCUT2D eigenvalue weighted by atomic mass is 10.2. The molecule has 0 aliphatic rings. The van der Waals surface area contributed by atoms with Crippen molar-refractivity contribution in [3.05, 3.63) is 71.0 Å². The third-order valence-electron chi connectivity index (χ3n) is 3.62. The van der Waals surface area contributed by atoms with Crippen molar-refractivity contribution < 1.29 is 9.53 Å². The highest BCUT2D eigenvalue weighted by atomic mass is 35.5. The van der Waals surface area contributed by atoms with Crippen LogP contribution in [0.5, 0.6) is 5.75 Å². The van der Waals surface area contributed by atoms with Crippen LogP contribution in [0.25, 0.3) is 0 Å². The van der Waals surface area contributed by atoms with Gasteiger partial charge in [0.25, 0.3) is 5.91 Å². The van der Waals surface area contributed by atoms with Gasteiger partial charge in [-0.1, -0.05) is 17.7 Å². The third-order valence-corrected chi connectivity index (χ3v) is 3.87. The number of carbonyl (C=O) groups is 1. The zero-order valence-corrected chi connectivity index (χ0v) is 15.0. The van der Waals surface area contributed by atoms with Gasteiger partial charge in [0, 0.05) is 23.1 Å². The molecule has 3 rings (SSSR count). The molecule has 1 heterocycles. The van der Waals surface area contributed by atoms with Crippen LogP contribution in [0.3, 0.4) is 0 Å². The summed E-state index contributed by atoms with van der Waals surface area (Å²) in [4.78, 5) is 20.8. The minimum atomic E-state index is -0.313. The molecule has 1 aromatic heterocycles. The Morgan fingerprint density at radius 1 is 1.08 bits per heavy atom. The largest absolute Gasteiger partial charge is 0.495 e. The third kappa shape index (κ3) is 4.29. The number of aromatic nitrogens is 2. The fourth-order valence-electron chi connectivity index (χ4n) is 2.29. The normalized spacial score (nSPS) is 10.3. The fraction of sp³-hybridized carbons (Fsp3) is 0.105. The van der Waals surface area contributed by atoms with E-state index < -0.39 is 0 Å². The molecule has 0 spiro atoms. The zero-order chi connectivity index (χ0) is 18.5. The second-order valence-corrected chi connectivity index (χ2v) is 6.02. The minimum absolute atomic E-state index is 0.313. The predicted molar refractivity (Wildman–Crippen MR) is 102 cm³/mol. The first-order valence-corrected chi connectivity index (χ1v) is 8.23. The van der Waals surface area contributed by atoms with Crippen molar-refractivity contribution in [2.45, 2.75) is 6.92 Å². The van der Waals surface area contributed by atoms with E-state index in [4.69, 9.17) is 16.3 Å². The molecule has 0 saturated carbocycles. The number of halogens is 1. The average molecular weight is 369 g/mol. The number of nitrogens with zero attached hydrogens (tertiary/aromatic N) is 2. The highest BCUT2D eigenvalue weighted by molar-refractivity contribution is 6.30. The van der Waals surface area contributed by atoms with Crippen molar-refractivity contribution in [3.8, 4) is 5.75 Å². The summed E-state index contributed by atoms with van der Waals surface area (Å²) in [6.45, 7) is 1.94. The van der Waals surface area contributed by atoms with Gasteiger partial charge in [0.1, 0.15) is 5.75 Å². The Labute approximate surface area is 156 Å². The lowest BCUT2D eigenvalue weighted by molar-refractivity contribution is 0.102. The van der Waals surface area contributed by atoms with Crippen molar-refractivity contribution >= 4 is 34.8 Å². The molecule has 2 N–H and O–H groups in total. The highest BCUT2D eigenvalue weighted by Gasteiger charge is 2.11. The van der Waals surface area contributed by atoms with Crippen LogP contribution in [0.15, 0.2) is 54.9 Å². The molecular formula is C19H17ClN4O2. The summed E-state index contributed by atoms with van der Waals surface area (Å²) in [6, 6.07) is 12.7. The second kappa shape index (κ2) is 7.84. The average Bonchev–Trinajstić information content (AvgIpc) is 2.64. The van der Waals surface area contributed by atoms with E-state index in [0.29, 0.717) is 28.0 Å². The van der Waals surface area contributed by atoms with E-state index >= 15 is 0 Å². The number of amides is 1. The van der Waals surface area contributed by atoms with Crippen LogP contribution in [0.1, 0.15) is 15.9 Å². The van der Waals surface area contributed by atoms with Crippen molar-refractivity contribution in [3.63, 3.8) is 0 Å². The summed E-state index contributed by atoms with van der Waals surface area (Å²) < 4.78 is 5.27. The number of ether oxygens (including phenoxy) is 1. The number of hydrogen-bond donors (Lipinski definition) is 2.